The number of rotatable bonds is 6. The Balaban J connectivity index is 1.47. The van der Waals surface area contributed by atoms with Gasteiger partial charge in [0.15, 0.2) is 0 Å². The first kappa shape index (κ1) is 23.5. The predicted molar refractivity (Wildman–Crippen MR) is 124 cm³/mol. The van der Waals surface area contributed by atoms with Crippen molar-refractivity contribution >= 4 is 5.91 Å². The number of aliphatic hydroxyl groups excluding tert-OH is 2. The molecule has 1 unspecified atom stereocenters. The van der Waals surface area contributed by atoms with Crippen LogP contribution in [0.5, 0.6) is 0 Å². The van der Waals surface area contributed by atoms with Crippen LogP contribution < -0.4 is 5.32 Å². The van der Waals surface area contributed by atoms with Gasteiger partial charge >= 0.3 is 0 Å². The summed E-state index contributed by atoms with van der Waals surface area (Å²) in [6.45, 7) is 10.1. The summed E-state index contributed by atoms with van der Waals surface area (Å²) in [5.74, 6) is 3.77. The minimum Gasteiger partial charge on any atom is -0.393 e. The number of fused-ring (bicyclic) bond motifs is 5. The average Bonchev–Trinajstić information content (AvgIpc) is 3.10. The highest BCUT2D eigenvalue weighted by Crippen LogP contribution is 2.68. The summed E-state index contributed by atoms with van der Waals surface area (Å²) < 4.78 is 0. The van der Waals surface area contributed by atoms with Gasteiger partial charge in [-0.25, -0.2) is 0 Å². The van der Waals surface area contributed by atoms with Gasteiger partial charge in [-0.15, -0.1) is 0 Å². The Bertz CT molecular complexity index is 652. The molecule has 0 saturated heterocycles. The van der Waals surface area contributed by atoms with Gasteiger partial charge in [-0.1, -0.05) is 27.7 Å². The van der Waals surface area contributed by atoms with Crippen LogP contribution in [0.2, 0.25) is 0 Å². The van der Waals surface area contributed by atoms with Crippen molar-refractivity contribution in [2.75, 3.05) is 6.54 Å². The Morgan fingerprint density at radius 2 is 1.84 bits per heavy atom. The summed E-state index contributed by atoms with van der Waals surface area (Å²) in [4.78, 5) is 12.2. The van der Waals surface area contributed by atoms with Crippen molar-refractivity contribution in [1.82, 2.24) is 5.32 Å². The maximum Gasteiger partial charge on any atom is 0.220 e. The number of hydrogen-bond donors (Lipinski definition) is 3. The van der Waals surface area contributed by atoms with Crippen molar-refractivity contribution in [3.05, 3.63) is 0 Å². The van der Waals surface area contributed by atoms with Gasteiger partial charge in [-0.05, 0) is 111 Å². The summed E-state index contributed by atoms with van der Waals surface area (Å²) in [7, 11) is 0. The molecule has 1 amide bonds. The smallest absolute Gasteiger partial charge is 0.220 e. The fourth-order valence-electron chi connectivity index (χ4n) is 9.07. The van der Waals surface area contributed by atoms with E-state index in [1.165, 1.54) is 25.7 Å². The molecule has 31 heavy (non-hydrogen) atoms. The third-order valence-electron chi connectivity index (χ3n) is 10.9. The normalized spacial score (nSPS) is 47.7. The monoisotopic (exact) mass is 433 g/mol. The number of nitrogens with one attached hydrogen (secondary N) is 1. The quantitative estimate of drug-likeness (QED) is 0.557. The van der Waals surface area contributed by atoms with Gasteiger partial charge in [0.1, 0.15) is 0 Å². The molecular formula is C27H47NO3. The van der Waals surface area contributed by atoms with Crippen molar-refractivity contribution in [3.63, 3.8) is 0 Å². The van der Waals surface area contributed by atoms with E-state index in [1.54, 1.807) is 0 Å². The molecule has 0 spiro atoms. The molecule has 4 saturated carbocycles. The first-order chi connectivity index (χ1) is 14.7. The SMILES string of the molecule is CCCNC(=O)CC[C@@H](C)C1CC[C@H]2[C@@H]3CC[C@@H]4C[C@H](O)CC[C@]4(C)[C@H]3C[C@H](O)[C@]12C. The van der Waals surface area contributed by atoms with Crippen LogP contribution >= 0.6 is 0 Å². The van der Waals surface area contributed by atoms with Crippen LogP contribution in [0.3, 0.4) is 0 Å². The van der Waals surface area contributed by atoms with Crippen LogP contribution in [0.25, 0.3) is 0 Å². The molecule has 4 heteroatoms. The Labute approximate surface area is 190 Å². The van der Waals surface area contributed by atoms with E-state index in [2.05, 4.69) is 33.0 Å². The first-order valence-corrected chi connectivity index (χ1v) is 13.3. The molecule has 0 heterocycles. The van der Waals surface area contributed by atoms with Crippen LogP contribution in [-0.2, 0) is 4.79 Å². The summed E-state index contributed by atoms with van der Waals surface area (Å²) in [5, 5.41) is 24.9. The van der Waals surface area contributed by atoms with Gasteiger partial charge in [0.25, 0.3) is 0 Å². The van der Waals surface area contributed by atoms with Gasteiger partial charge in [-0.2, -0.15) is 0 Å². The lowest BCUT2D eigenvalue weighted by molar-refractivity contribution is -0.174. The van der Waals surface area contributed by atoms with E-state index < -0.39 is 0 Å². The maximum absolute atomic E-state index is 12.2. The van der Waals surface area contributed by atoms with Crippen LogP contribution in [-0.4, -0.2) is 34.9 Å². The molecular weight excluding hydrogens is 386 g/mol. The molecule has 4 aliphatic carbocycles. The van der Waals surface area contributed by atoms with E-state index in [9.17, 15) is 15.0 Å². The highest BCUT2D eigenvalue weighted by molar-refractivity contribution is 5.75. The molecule has 10 atom stereocenters. The molecule has 4 nitrogen and oxygen atoms in total. The van der Waals surface area contributed by atoms with Crippen LogP contribution in [0.15, 0.2) is 0 Å². The standard InChI is InChI=1S/C27H47NO3/c1-5-14-28-25(31)11-6-17(2)21-9-10-22-20-8-7-18-15-19(29)12-13-26(18,3)23(20)16-24(30)27(21,22)4/h17-24,29-30H,5-16H2,1-4H3,(H,28,31)/t17-,18-,19-,20+,21?,22+,23+,24+,26+,27-/m1/s1. The van der Waals surface area contributed by atoms with Crippen molar-refractivity contribution in [1.29, 1.82) is 0 Å². The second kappa shape index (κ2) is 8.97. The second-order valence-corrected chi connectivity index (χ2v) is 12.3. The zero-order valence-corrected chi connectivity index (χ0v) is 20.4. The third-order valence-corrected chi connectivity index (χ3v) is 10.9. The predicted octanol–water partition coefficient (Wildman–Crippen LogP) is 4.92. The molecule has 178 valence electrons. The van der Waals surface area contributed by atoms with Crippen molar-refractivity contribution < 1.29 is 15.0 Å². The molecule has 0 aliphatic heterocycles. The van der Waals surface area contributed by atoms with Gasteiger partial charge < -0.3 is 15.5 Å². The van der Waals surface area contributed by atoms with Crippen molar-refractivity contribution in [2.45, 2.75) is 111 Å². The van der Waals surface area contributed by atoms with E-state index in [-0.39, 0.29) is 23.5 Å². The molecule has 3 N–H and O–H groups in total. The Morgan fingerprint density at radius 1 is 1.06 bits per heavy atom. The second-order valence-electron chi connectivity index (χ2n) is 12.3. The van der Waals surface area contributed by atoms with Crippen molar-refractivity contribution in [3.8, 4) is 0 Å². The Kier molecular flexibility index (Phi) is 6.81. The maximum atomic E-state index is 12.2. The fraction of sp³-hybridized carbons (Fsp3) is 0.963. The van der Waals surface area contributed by atoms with Gasteiger partial charge in [0.05, 0.1) is 12.2 Å². The minimum absolute atomic E-state index is 0.00213. The molecule has 0 radical (unpaired) electrons. The first-order valence-electron chi connectivity index (χ1n) is 13.3. The number of hydrogen-bond acceptors (Lipinski definition) is 3. The Morgan fingerprint density at radius 3 is 2.58 bits per heavy atom. The summed E-state index contributed by atoms with van der Waals surface area (Å²) in [5.41, 5.74) is 0.295. The number of aliphatic hydroxyl groups is 2. The van der Waals surface area contributed by atoms with Crippen LogP contribution in [0.4, 0.5) is 0 Å². The van der Waals surface area contributed by atoms with Crippen LogP contribution in [0, 0.1) is 46.3 Å². The summed E-state index contributed by atoms with van der Waals surface area (Å²) in [6.07, 6.45) is 11.2. The van der Waals surface area contributed by atoms with Crippen molar-refractivity contribution in [2.24, 2.45) is 46.3 Å². The molecule has 4 aliphatic rings. The lowest BCUT2D eigenvalue weighted by atomic mass is 9.43. The minimum atomic E-state index is -0.231. The molecule has 4 fully saturated rings. The lowest BCUT2D eigenvalue weighted by Gasteiger charge is -2.62. The molecule has 0 bridgehead atoms. The van der Waals surface area contributed by atoms with Gasteiger partial charge in [-0.3, -0.25) is 4.79 Å². The molecule has 0 aromatic carbocycles. The largest absolute Gasteiger partial charge is 0.393 e. The average molecular weight is 434 g/mol. The van der Waals surface area contributed by atoms with E-state index in [1.807, 2.05) is 0 Å². The van der Waals surface area contributed by atoms with E-state index in [0.717, 1.165) is 51.0 Å². The summed E-state index contributed by atoms with van der Waals surface area (Å²) >= 11 is 0. The highest BCUT2D eigenvalue weighted by atomic mass is 16.3. The molecule has 0 aromatic heterocycles. The zero-order valence-electron chi connectivity index (χ0n) is 20.4. The topological polar surface area (TPSA) is 69.6 Å². The molecule has 4 rings (SSSR count). The van der Waals surface area contributed by atoms with E-state index >= 15 is 0 Å². The zero-order chi connectivity index (χ0) is 22.4. The lowest BCUT2D eigenvalue weighted by Crippen LogP contribution is -2.58. The number of carbonyl (C=O) groups is 1. The number of amides is 1. The fourth-order valence-corrected chi connectivity index (χ4v) is 9.07. The van der Waals surface area contributed by atoms with E-state index in [0.29, 0.717) is 41.4 Å². The molecule has 0 aromatic rings. The van der Waals surface area contributed by atoms with Gasteiger partial charge in [0, 0.05) is 13.0 Å². The van der Waals surface area contributed by atoms with Gasteiger partial charge in [0.2, 0.25) is 5.91 Å². The third kappa shape index (κ3) is 3.98. The summed E-state index contributed by atoms with van der Waals surface area (Å²) in [6, 6.07) is 0. The highest BCUT2D eigenvalue weighted by Gasteiger charge is 2.63. The Hall–Kier alpha value is -0.610. The van der Waals surface area contributed by atoms with Crippen LogP contribution in [0.1, 0.15) is 98.3 Å². The van der Waals surface area contributed by atoms with E-state index in [4.69, 9.17) is 0 Å². The number of carbonyl (C=O) groups excluding carboxylic acids is 1.